The highest BCUT2D eigenvalue weighted by molar-refractivity contribution is 7.13. The first-order valence-corrected chi connectivity index (χ1v) is 9.64. The predicted octanol–water partition coefficient (Wildman–Crippen LogP) is 3.57. The molecule has 1 amide bonds. The van der Waals surface area contributed by atoms with Crippen LogP contribution in [0.15, 0.2) is 29.6 Å². The third kappa shape index (κ3) is 4.87. The number of hydrogen-bond acceptors (Lipinski definition) is 5. The second kappa shape index (κ2) is 8.08. The number of hydrogen-bond donors (Lipinski definition) is 1. The second-order valence-corrected chi connectivity index (χ2v) is 7.46. The van der Waals surface area contributed by atoms with Crippen molar-refractivity contribution >= 4 is 22.4 Å². The van der Waals surface area contributed by atoms with Gasteiger partial charge in [0, 0.05) is 30.6 Å². The van der Waals surface area contributed by atoms with Gasteiger partial charge in [-0.05, 0) is 38.0 Å². The maximum atomic E-state index is 12.3. The lowest BCUT2D eigenvalue weighted by atomic mass is 10.1. The van der Waals surface area contributed by atoms with Crippen LogP contribution < -0.4 is 5.32 Å². The first-order valence-electron chi connectivity index (χ1n) is 8.76. The largest absolute Gasteiger partial charge is 0.373 e. The van der Waals surface area contributed by atoms with Crippen LogP contribution >= 0.6 is 11.3 Å². The number of aromatic nitrogens is 1. The van der Waals surface area contributed by atoms with E-state index in [1.165, 1.54) is 16.9 Å². The molecular weight excluding hydrogens is 334 g/mol. The highest BCUT2D eigenvalue weighted by atomic mass is 32.1. The number of nitrogens with zero attached hydrogens (tertiary/aromatic N) is 2. The molecule has 1 aromatic carbocycles. The summed E-state index contributed by atoms with van der Waals surface area (Å²) in [4.78, 5) is 19.2. The summed E-state index contributed by atoms with van der Waals surface area (Å²) in [5.41, 5.74) is 2.87. The predicted molar refractivity (Wildman–Crippen MR) is 101 cm³/mol. The van der Waals surface area contributed by atoms with Crippen molar-refractivity contribution in [2.75, 3.05) is 18.4 Å². The third-order valence-corrected chi connectivity index (χ3v) is 5.08. The van der Waals surface area contributed by atoms with Crippen LogP contribution in [0, 0.1) is 0 Å². The Hall–Kier alpha value is -1.76. The highest BCUT2D eigenvalue weighted by Crippen LogP contribution is 2.20. The lowest BCUT2D eigenvalue weighted by Crippen LogP contribution is -2.44. The first-order chi connectivity index (χ1) is 12.0. The summed E-state index contributed by atoms with van der Waals surface area (Å²) in [6.45, 7) is 8.90. The minimum atomic E-state index is -0.114. The average molecular weight is 359 g/mol. The summed E-state index contributed by atoms with van der Waals surface area (Å²) in [5, 5.41) is 5.56. The van der Waals surface area contributed by atoms with Gasteiger partial charge in [0.15, 0.2) is 5.13 Å². The van der Waals surface area contributed by atoms with Gasteiger partial charge in [0.25, 0.3) is 5.91 Å². The summed E-state index contributed by atoms with van der Waals surface area (Å²) < 4.78 is 5.76. The number of benzene rings is 1. The molecule has 5 nitrogen and oxygen atoms in total. The number of carbonyl (C=O) groups is 1. The lowest BCUT2D eigenvalue weighted by Gasteiger charge is -2.34. The van der Waals surface area contributed by atoms with Gasteiger partial charge >= 0.3 is 0 Å². The molecule has 1 fully saturated rings. The fourth-order valence-corrected chi connectivity index (χ4v) is 3.84. The number of morpholine rings is 1. The highest BCUT2D eigenvalue weighted by Gasteiger charge is 2.22. The molecule has 1 aliphatic rings. The Morgan fingerprint density at radius 3 is 2.60 bits per heavy atom. The van der Waals surface area contributed by atoms with E-state index < -0.39 is 0 Å². The fourth-order valence-electron chi connectivity index (χ4n) is 3.14. The van der Waals surface area contributed by atoms with E-state index in [2.05, 4.69) is 36.0 Å². The molecule has 1 N–H and O–H groups in total. The smallest absolute Gasteiger partial charge is 0.257 e. The van der Waals surface area contributed by atoms with Gasteiger partial charge < -0.3 is 4.74 Å². The van der Waals surface area contributed by atoms with E-state index in [4.69, 9.17) is 4.74 Å². The van der Waals surface area contributed by atoms with Crippen molar-refractivity contribution in [2.24, 2.45) is 0 Å². The molecule has 0 spiro atoms. The third-order valence-electron chi connectivity index (χ3n) is 4.28. The van der Waals surface area contributed by atoms with E-state index >= 15 is 0 Å². The fraction of sp³-hybridized carbons (Fsp3) is 0.474. The number of anilines is 1. The molecule has 2 aromatic rings. The maximum absolute atomic E-state index is 12.3. The molecule has 6 heteroatoms. The first kappa shape index (κ1) is 18.0. The number of nitrogens with one attached hydrogen (secondary N) is 1. The van der Waals surface area contributed by atoms with Crippen LogP contribution in [0.1, 0.15) is 42.4 Å². The Bertz CT molecular complexity index is 704. The van der Waals surface area contributed by atoms with Crippen LogP contribution in [-0.2, 0) is 17.7 Å². The van der Waals surface area contributed by atoms with Gasteiger partial charge in [0.05, 0.1) is 17.9 Å². The topological polar surface area (TPSA) is 54.5 Å². The number of amides is 1. The van der Waals surface area contributed by atoms with Crippen molar-refractivity contribution < 1.29 is 9.53 Å². The number of rotatable bonds is 5. The molecule has 3 rings (SSSR count). The molecule has 0 radical (unpaired) electrons. The zero-order valence-corrected chi connectivity index (χ0v) is 15.8. The van der Waals surface area contributed by atoms with Crippen LogP contribution in [0.25, 0.3) is 0 Å². The Kier molecular flexibility index (Phi) is 5.83. The standard InChI is InChI=1S/C19H25N3O2S/c1-4-15-5-7-16(8-6-15)18(23)21-19-20-17(12-25-19)11-22-9-13(2)24-14(3)10-22/h5-8,12-14H,4,9-11H2,1-3H3,(H,20,21,23)/t13-,14+. The van der Waals surface area contributed by atoms with Crippen LogP contribution in [0.2, 0.25) is 0 Å². The summed E-state index contributed by atoms with van der Waals surface area (Å²) >= 11 is 1.47. The van der Waals surface area contributed by atoms with Crippen molar-refractivity contribution in [3.8, 4) is 0 Å². The molecule has 1 aromatic heterocycles. The minimum absolute atomic E-state index is 0.114. The number of carbonyl (C=O) groups excluding carboxylic acids is 1. The average Bonchev–Trinajstić information content (AvgIpc) is 3.00. The Labute approximate surface area is 153 Å². The molecule has 0 saturated carbocycles. The SMILES string of the molecule is CCc1ccc(C(=O)Nc2nc(CN3C[C@@H](C)O[C@@H](C)C3)cs2)cc1. The molecule has 134 valence electrons. The maximum Gasteiger partial charge on any atom is 0.257 e. The van der Waals surface area contributed by atoms with E-state index in [0.29, 0.717) is 10.7 Å². The molecule has 2 atom stereocenters. The normalized spacial score (nSPS) is 21.2. The zero-order valence-electron chi connectivity index (χ0n) is 15.0. The molecule has 0 aliphatic carbocycles. The van der Waals surface area contributed by atoms with Crippen LogP contribution in [0.5, 0.6) is 0 Å². The number of thiazole rings is 1. The van der Waals surface area contributed by atoms with E-state index in [9.17, 15) is 4.79 Å². The molecule has 1 saturated heterocycles. The van der Waals surface area contributed by atoms with Gasteiger partial charge in [-0.1, -0.05) is 19.1 Å². The Morgan fingerprint density at radius 1 is 1.28 bits per heavy atom. The van der Waals surface area contributed by atoms with E-state index in [0.717, 1.165) is 31.7 Å². The molecule has 25 heavy (non-hydrogen) atoms. The molecule has 0 unspecified atom stereocenters. The Balaban J connectivity index is 1.58. The summed E-state index contributed by atoms with van der Waals surface area (Å²) in [6, 6.07) is 7.70. The second-order valence-electron chi connectivity index (χ2n) is 6.60. The van der Waals surface area contributed by atoms with E-state index in [-0.39, 0.29) is 18.1 Å². The van der Waals surface area contributed by atoms with Gasteiger partial charge in [-0.25, -0.2) is 4.98 Å². The van der Waals surface area contributed by atoms with E-state index in [1.54, 1.807) is 0 Å². The minimum Gasteiger partial charge on any atom is -0.373 e. The quantitative estimate of drug-likeness (QED) is 0.887. The van der Waals surface area contributed by atoms with Crippen molar-refractivity contribution in [1.29, 1.82) is 0 Å². The molecular formula is C19H25N3O2S. The van der Waals surface area contributed by atoms with Crippen LogP contribution in [0.3, 0.4) is 0 Å². The lowest BCUT2D eigenvalue weighted by molar-refractivity contribution is -0.0707. The van der Waals surface area contributed by atoms with Gasteiger partial charge in [0.2, 0.25) is 0 Å². The van der Waals surface area contributed by atoms with Crippen molar-refractivity contribution in [3.05, 3.63) is 46.5 Å². The summed E-state index contributed by atoms with van der Waals surface area (Å²) in [5.74, 6) is -0.114. The van der Waals surface area contributed by atoms with Gasteiger partial charge in [-0.3, -0.25) is 15.0 Å². The van der Waals surface area contributed by atoms with Crippen molar-refractivity contribution in [2.45, 2.75) is 45.9 Å². The summed E-state index contributed by atoms with van der Waals surface area (Å²) in [7, 11) is 0. The molecule has 1 aliphatic heterocycles. The van der Waals surface area contributed by atoms with E-state index in [1.807, 2.05) is 29.6 Å². The van der Waals surface area contributed by atoms with Gasteiger partial charge in [0.1, 0.15) is 0 Å². The van der Waals surface area contributed by atoms with Crippen molar-refractivity contribution in [3.63, 3.8) is 0 Å². The molecule has 0 bridgehead atoms. The molecule has 2 heterocycles. The van der Waals surface area contributed by atoms with Gasteiger partial charge in [-0.15, -0.1) is 11.3 Å². The number of ether oxygens (including phenoxy) is 1. The van der Waals surface area contributed by atoms with Gasteiger partial charge in [-0.2, -0.15) is 0 Å². The van der Waals surface area contributed by atoms with Crippen LogP contribution in [-0.4, -0.2) is 41.1 Å². The summed E-state index contributed by atoms with van der Waals surface area (Å²) in [6.07, 6.45) is 1.46. The van der Waals surface area contributed by atoms with Crippen LogP contribution in [0.4, 0.5) is 5.13 Å². The number of aryl methyl sites for hydroxylation is 1. The zero-order chi connectivity index (χ0) is 17.8. The van der Waals surface area contributed by atoms with Crippen molar-refractivity contribution in [1.82, 2.24) is 9.88 Å². The Morgan fingerprint density at radius 2 is 1.96 bits per heavy atom. The monoisotopic (exact) mass is 359 g/mol.